The van der Waals surface area contributed by atoms with Crippen LogP contribution in [0.3, 0.4) is 0 Å². The average molecular weight is 318 g/mol. The molecule has 0 aromatic carbocycles. The van der Waals surface area contributed by atoms with Gasteiger partial charge in [0.2, 0.25) is 0 Å². The molecule has 1 N–H and O–H groups in total. The van der Waals surface area contributed by atoms with Crippen molar-refractivity contribution in [2.24, 2.45) is 5.41 Å². The summed E-state index contributed by atoms with van der Waals surface area (Å²) in [4.78, 5) is 23.9. The van der Waals surface area contributed by atoms with Gasteiger partial charge in [0, 0.05) is 11.0 Å². The highest BCUT2D eigenvalue weighted by molar-refractivity contribution is 6.08. The van der Waals surface area contributed by atoms with Crippen molar-refractivity contribution in [2.45, 2.75) is 77.4 Å². The summed E-state index contributed by atoms with van der Waals surface area (Å²) in [6.45, 7) is 8.06. The Morgan fingerprint density at radius 3 is 2.61 bits per heavy atom. The molecule has 126 valence electrons. The van der Waals surface area contributed by atoms with Gasteiger partial charge in [0.05, 0.1) is 17.6 Å². The number of carboxylic acids is 1. The number of carbonyl (C=O) groups is 2. The first-order valence-electron chi connectivity index (χ1n) is 8.49. The van der Waals surface area contributed by atoms with Gasteiger partial charge in [-0.3, -0.25) is 9.59 Å². The minimum atomic E-state index is -0.834. The molecule has 4 heteroatoms. The topological polar surface area (TPSA) is 63.6 Å². The molecule has 0 bridgehead atoms. The van der Waals surface area contributed by atoms with Crippen LogP contribution < -0.4 is 0 Å². The largest absolute Gasteiger partial charge is 0.481 e. The lowest BCUT2D eigenvalue weighted by Crippen LogP contribution is -2.55. The van der Waals surface area contributed by atoms with Crippen LogP contribution in [0.15, 0.2) is 22.8 Å². The Morgan fingerprint density at radius 1 is 1.26 bits per heavy atom. The summed E-state index contributed by atoms with van der Waals surface area (Å²) in [6, 6.07) is 0. The molecule has 1 aliphatic heterocycles. The molecule has 0 aromatic heterocycles. The molecule has 0 radical (unpaired) electrons. The third-order valence-corrected chi connectivity index (χ3v) is 6.28. The molecule has 0 unspecified atom stereocenters. The predicted molar refractivity (Wildman–Crippen MR) is 87.1 cm³/mol. The van der Waals surface area contributed by atoms with E-state index in [1.165, 1.54) is 5.57 Å². The minimum Gasteiger partial charge on any atom is -0.481 e. The molecule has 1 saturated heterocycles. The van der Waals surface area contributed by atoms with Crippen molar-refractivity contribution in [2.75, 3.05) is 0 Å². The van der Waals surface area contributed by atoms with Crippen molar-refractivity contribution in [3.63, 3.8) is 0 Å². The van der Waals surface area contributed by atoms with Gasteiger partial charge >= 0.3 is 5.97 Å². The number of carboxylic acid groups (broad SMARTS) is 1. The standard InChI is InChI=1S/C19H26O4/c1-12-6-5-7-18(4)16(12)14(20)10-13(2)19(18)9-8-17(3,23-19)11-15(21)22/h10H,5-9,11H2,1-4H3,(H,21,22)/t17-,18-,19+/m0/s1. The number of hydrogen-bond donors (Lipinski definition) is 1. The number of rotatable bonds is 2. The Hall–Kier alpha value is -1.42. The second-order valence-electron chi connectivity index (χ2n) is 7.98. The van der Waals surface area contributed by atoms with E-state index in [4.69, 9.17) is 4.74 Å². The van der Waals surface area contributed by atoms with Gasteiger partial charge < -0.3 is 9.84 Å². The first kappa shape index (κ1) is 16.4. The van der Waals surface area contributed by atoms with Gasteiger partial charge in [-0.2, -0.15) is 0 Å². The van der Waals surface area contributed by atoms with Gasteiger partial charge in [0.15, 0.2) is 5.78 Å². The Kier molecular flexibility index (Phi) is 3.60. The van der Waals surface area contributed by atoms with Crippen molar-refractivity contribution in [1.29, 1.82) is 0 Å². The normalized spacial score (nSPS) is 40.3. The molecule has 2 aliphatic carbocycles. The first-order chi connectivity index (χ1) is 10.6. The molecular weight excluding hydrogens is 292 g/mol. The maximum absolute atomic E-state index is 12.6. The fraction of sp³-hybridized carbons (Fsp3) is 0.684. The van der Waals surface area contributed by atoms with E-state index in [9.17, 15) is 14.7 Å². The van der Waals surface area contributed by atoms with Crippen LogP contribution in [0.25, 0.3) is 0 Å². The van der Waals surface area contributed by atoms with E-state index < -0.39 is 17.2 Å². The summed E-state index contributed by atoms with van der Waals surface area (Å²) in [7, 11) is 0. The van der Waals surface area contributed by atoms with Crippen molar-refractivity contribution >= 4 is 11.8 Å². The number of ether oxygens (including phenoxy) is 1. The van der Waals surface area contributed by atoms with Crippen LogP contribution >= 0.6 is 0 Å². The molecule has 1 heterocycles. The third kappa shape index (κ3) is 2.22. The number of hydrogen-bond acceptors (Lipinski definition) is 3. The summed E-state index contributed by atoms with van der Waals surface area (Å²) in [6.07, 6.45) is 6.14. The zero-order chi connectivity index (χ0) is 17.0. The number of fused-ring (bicyclic) bond motifs is 2. The van der Waals surface area contributed by atoms with E-state index in [1.54, 1.807) is 6.08 Å². The van der Waals surface area contributed by atoms with E-state index in [0.717, 1.165) is 36.8 Å². The van der Waals surface area contributed by atoms with E-state index in [-0.39, 0.29) is 17.6 Å². The van der Waals surface area contributed by atoms with Crippen molar-refractivity contribution in [3.05, 3.63) is 22.8 Å². The van der Waals surface area contributed by atoms with E-state index in [0.29, 0.717) is 6.42 Å². The molecule has 3 atom stereocenters. The Morgan fingerprint density at radius 2 is 1.96 bits per heavy atom. The quantitative estimate of drug-likeness (QED) is 0.841. The minimum absolute atomic E-state index is 0.00405. The van der Waals surface area contributed by atoms with Crippen LogP contribution in [0.2, 0.25) is 0 Å². The lowest BCUT2D eigenvalue weighted by molar-refractivity contribution is -0.158. The molecule has 4 nitrogen and oxygen atoms in total. The van der Waals surface area contributed by atoms with E-state index >= 15 is 0 Å². The fourth-order valence-corrected chi connectivity index (χ4v) is 5.21. The van der Waals surface area contributed by atoms with Gasteiger partial charge in [-0.15, -0.1) is 0 Å². The smallest absolute Gasteiger partial charge is 0.306 e. The Balaban J connectivity index is 2.12. The Labute approximate surface area is 137 Å². The molecule has 0 aromatic rings. The monoisotopic (exact) mass is 318 g/mol. The summed E-state index contributed by atoms with van der Waals surface area (Å²) in [5.41, 5.74) is 1.48. The first-order valence-corrected chi connectivity index (χ1v) is 8.49. The van der Waals surface area contributed by atoms with Crippen LogP contribution in [-0.4, -0.2) is 28.1 Å². The van der Waals surface area contributed by atoms with Crippen molar-refractivity contribution in [1.82, 2.24) is 0 Å². The predicted octanol–water partition coefficient (Wildman–Crippen LogP) is 3.80. The molecule has 1 fully saturated rings. The summed E-state index contributed by atoms with van der Waals surface area (Å²) < 4.78 is 6.53. The number of carbonyl (C=O) groups excluding carboxylic acids is 1. The molecule has 23 heavy (non-hydrogen) atoms. The number of allylic oxidation sites excluding steroid dienone is 2. The summed E-state index contributed by atoms with van der Waals surface area (Å²) in [5.74, 6) is -0.720. The van der Waals surface area contributed by atoms with Gasteiger partial charge in [-0.25, -0.2) is 0 Å². The zero-order valence-electron chi connectivity index (χ0n) is 14.5. The van der Waals surface area contributed by atoms with Crippen molar-refractivity contribution in [3.8, 4) is 0 Å². The number of ketones is 1. The summed E-state index contributed by atoms with van der Waals surface area (Å²) in [5, 5.41) is 9.21. The highest BCUT2D eigenvalue weighted by Gasteiger charge is 2.62. The molecule has 1 spiro atoms. The second kappa shape index (κ2) is 5.04. The van der Waals surface area contributed by atoms with Crippen LogP contribution in [0.1, 0.15) is 66.2 Å². The van der Waals surface area contributed by atoms with Crippen molar-refractivity contribution < 1.29 is 19.4 Å². The lowest BCUT2D eigenvalue weighted by atomic mass is 9.55. The molecular formula is C19H26O4. The SMILES string of the molecule is CC1=CC(=O)C2=C(C)CCC[C@]2(C)[C@@]12CC[C@@](C)(CC(=O)O)O2. The number of aliphatic carboxylic acids is 1. The van der Waals surface area contributed by atoms with E-state index in [1.807, 2.05) is 13.8 Å². The third-order valence-electron chi connectivity index (χ3n) is 6.28. The fourth-order valence-electron chi connectivity index (χ4n) is 5.21. The lowest BCUT2D eigenvalue weighted by Gasteiger charge is -2.53. The highest BCUT2D eigenvalue weighted by Crippen LogP contribution is 2.61. The zero-order valence-corrected chi connectivity index (χ0v) is 14.5. The van der Waals surface area contributed by atoms with Crippen LogP contribution in [0, 0.1) is 5.41 Å². The van der Waals surface area contributed by atoms with Crippen LogP contribution in [0.5, 0.6) is 0 Å². The molecule has 0 amide bonds. The Bertz CT molecular complexity index is 644. The molecule has 0 saturated carbocycles. The highest BCUT2D eigenvalue weighted by atomic mass is 16.5. The van der Waals surface area contributed by atoms with Gasteiger partial charge in [-0.05, 0) is 64.5 Å². The van der Waals surface area contributed by atoms with E-state index in [2.05, 4.69) is 13.8 Å². The van der Waals surface area contributed by atoms with Gasteiger partial charge in [0.25, 0.3) is 0 Å². The second-order valence-corrected chi connectivity index (χ2v) is 7.98. The average Bonchev–Trinajstić information content (AvgIpc) is 2.75. The van der Waals surface area contributed by atoms with Crippen LogP contribution in [-0.2, 0) is 14.3 Å². The summed E-state index contributed by atoms with van der Waals surface area (Å²) >= 11 is 0. The maximum Gasteiger partial charge on any atom is 0.306 e. The maximum atomic E-state index is 12.6. The van der Waals surface area contributed by atoms with Crippen LogP contribution in [0.4, 0.5) is 0 Å². The van der Waals surface area contributed by atoms with Gasteiger partial charge in [-0.1, -0.05) is 12.5 Å². The van der Waals surface area contributed by atoms with Gasteiger partial charge in [0.1, 0.15) is 0 Å². The molecule has 3 aliphatic rings. The molecule has 3 rings (SSSR count).